The van der Waals surface area contributed by atoms with Crippen molar-refractivity contribution in [1.29, 1.82) is 5.26 Å². The van der Waals surface area contributed by atoms with E-state index in [2.05, 4.69) is 62.4 Å². The van der Waals surface area contributed by atoms with E-state index in [0.29, 0.717) is 0 Å². The molecule has 0 bridgehead atoms. The zero-order valence-corrected chi connectivity index (χ0v) is 12.1. The van der Waals surface area contributed by atoms with E-state index in [1.165, 1.54) is 27.8 Å². The molecule has 0 saturated carbocycles. The molecule has 0 amide bonds. The second-order valence-corrected chi connectivity index (χ2v) is 6.12. The SMILES string of the molecule is Cc1ccc(C)c(CC2(C#N)Cc3ccccc3C2)c1. The number of fused-ring (bicyclic) bond motifs is 1. The molecular weight excluding hydrogens is 242 g/mol. The first-order chi connectivity index (χ1) is 9.62. The summed E-state index contributed by atoms with van der Waals surface area (Å²) in [6, 6.07) is 17.6. The molecule has 0 aliphatic heterocycles. The summed E-state index contributed by atoms with van der Waals surface area (Å²) in [7, 11) is 0. The van der Waals surface area contributed by atoms with Crippen molar-refractivity contribution in [2.24, 2.45) is 5.41 Å². The van der Waals surface area contributed by atoms with Gasteiger partial charge in [0, 0.05) is 0 Å². The first-order valence-electron chi connectivity index (χ1n) is 7.16. The number of rotatable bonds is 2. The number of hydrogen-bond donors (Lipinski definition) is 0. The van der Waals surface area contributed by atoms with Crippen molar-refractivity contribution in [1.82, 2.24) is 0 Å². The molecule has 0 saturated heterocycles. The van der Waals surface area contributed by atoms with E-state index in [1.807, 2.05) is 0 Å². The van der Waals surface area contributed by atoms with E-state index >= 15 is 0 Å². The van der Waals surface area contributed by atoms with Crippen molar-refractivity contribution in [3.05, 3.63) is 70.3 Å². The van der Waals surface area contributed by atoms with E-state index < -0.39 is 0 Å². The Labute approximate surface area is 120 Å². The molecule has 1 nitrogen and oxygen atoms in total. The summed E-state index contributed by atoms with van der Waals surface area (Å²) in [5.41, 5.74) is 6.32. The Bertz CT molecular complexity index is 666. The molecule has 0 heterocycles. The Morgan fingerprint density at radius 3 is 2.30 bits per heavy atom. The van der Waals surface area contributed by atoms with Crippen LogP contribution >= 0.6 is 0 Å². The highest BCUT2D eigenvalue weighted by Gasteiger charge is 2.37. The molecule has 0 spiro atoms. The Balaban J connectivity index is 1.94. The van der Waals surface area contributed by atoms with Gasteiger partial charge in [-0.3, -0.25) is 0 Å². The van der Waals surface area contributed by atoms with Crippen molar-refractivity contribution < 1.29 is 0 Å². The molecule has 1 aliphatic carbocycles. The predicted molar refractivity (Wildman–Crippen MR) is 81.5 cm³/mol. The van der Waals surface area contributed by atoms with Crippen LogP contribution in [0.5, 0.6) is 0 Å². The van der Waals surface area contributed by atoms with Gasteiger partial charge in [-0.2, -0.15) is 5.26 Å². The number of benzene rings is 2. The average Bonchev–Trinajstić information content (AvgIpc) is 2.81. The standard InChI is InChI=1S/C19H19N/c1-14-7-8-15(2)18(9-14)12-19(13-20)10-16-5-3-4-6-17(16)11-19/h3-9H,10-12H2,1-2H3. The summed E-state index contributed by atoms with van der Waals surface area (Å²) in [6.45, 7) is 4.26. The van der Waals surface area contributed by atoms with Crippen molar-refractivity contribution in [2.75, 3.05) is 0 Å². The first-order valence-corrected chi connectivity index (χ1v) is 7.16. The van der Waals surface area contributed by atoms with Crippen LogP contribution in [-0.2, 0) is 19.3 Å². The van der Waals surface area contributed by atoms with Crippen LogP contribution in [0.3, 0.4) is 0 Å². The van der Waals surface area contributed by atoms with Gasteiger partial charge in [-0.1, -0.05) is 48.0 Å². The first kappa shape index (κ1) is 12.9. The lowest BCUT2D eigenvalue weighted by atomic mass is 9.79. The van der Waals surface area contributed by atoms with Crippen LogP contribution in [-0.4, -0.2) is 0 Å². The Hall–Kier alpha value is -2.07. The number of aryl methyl sites for hydroxylation is 2. The van der Waals surface area contributed by atoms with Gasteiger partial charge in [0.25, 0.3) is 0 Å². The highest BCUT2D eigenvalue weighted by molar-refractivity contribution is 5.40. The van der Waals surface area contributed by atoms with Gasteiger partial charge >= 0.3 is 0 Å². The van der Waals surface area contributed by atoms with Gasteiger partial charge < -0.3 is 0 Å². The molecule has 0 atom stereocenters. The smallest absolute Gasteiger partial charge is 0.0700 e. The zero-order chi connectivity index (χ0) is 14.2. The minimum atomic E-state index is -0.262. The second kappa shape index (κ2) is 4.80. The fourth-order valence-electron chi connectivity index (χ4n) is 3.29. The molecule has 1 heteroatoms. The molecule has 2 aromatic rings. The Morgan fingerprint density at radius 1 is 1.05 bits per heavy atom. The number of nitriles is 1. The topological polar surface area (TPSA) is 23.8 Å². The van der Waals surface area contributed by atoms with Crippen LogP contribution in [0.2, 0.25) is 0 Å². The minimum absolute atomic E-state index is 0.262. The maximum absolute atomic E-state index is 9.76. The molecular formula is C19H19N. The molecule has 0 fully saturated rings. The van der Waals surface area contributed by atoms with Crippen molar-refractivity contribution in [2.45, 2.75) is 33.1 Å². The Morgan fingerprint density at radius 2 is 1.70 bits per heavy atom. The third kappa shape index (κ3) is 2.23. The molecule has 3 rings (SSSR count). The maximum atomic E-state index is 9.76. The minimum Gasteiger partial charge on any atom is -0.198 e. The van der Waals surface area contributed by atoms with Crippen LogP contribution in [0, 0.1) is 30.6 Å². The highest BCUT2D eigenvalue weighted by atomic mass is 14.4. The molecule has 0 N–H and O–H groups in total. The quantitative estimate of drug-likeness (QED) is 0.796. The predicted octanol–water partition coefficient (Wildman–Crippen LogP) is 4.15. The van der Waals surface area contributed by atoms with E-state index in [0.717, 1.165) is 19.3 Å². The molecule has 100 valence electrons. The lowest BCUT2D eigenvalue weighted by molar-refractivity contribution is 0.417. The van der Waals surface area contributed by atoms with E-state index in [-0.39, 0.29) is 5.41 Å². The van der Waals surface area contributed by atoms with Crippen LogP contribution in [0.25, 0.3) is 0 Å². The molecule has 2 aromatic carbocycles. The maximum Gasteiger partial charge on any atom is 0.0700 e. The van der Waals surface area contributed by atoms with E-state index in [9.17, 15) is 5.26 Å². The molecule has 0 unspecified atom stereocenters. The normalized spacial score (nSPS) is 15.7. The number of nitrogens with zero attached hydrogens (tertiary/aromatic N) is 1. The highest BCUT2D eigenvalue weighted by Crippen LogP contribution is 2.39. The molecule has 20 heavy (non-hydrogen) atoms. The number of hydrogen-bond acceptors (Lipinski definition) is 1. The largest absolute Gasteiger partial charge is 0.198 e. The van der Waals surface area contributed by atoms with Gasteiger partial charge in [-0.15, -0.1) is 0 Å². The molecule has 1 aliphatic rings. The fourth-order valence-corrected chi connectivity index (χ4v) is 3.29. The fraction of sp³-hybridized carbons (Fsp3) is 0.316. The van der Waals surface area contributed by atoms with Gasteiger partial charge in [-0.25, -0.2) is 0 Å². The summed E-state index contributed by atoms with van der Waals surface area (Å²) in [6.07, 6.45) is 2.62. The summed E-state index contributed by atoms with van der Waals surface area (Å²) in [4.78, 5) is 0. The Kier molecular flexibility index (Phi) is 3.10. The van der Waals surface area contributed by atoms with Gasteiger partial charge in [0.2, 0.25) is 0 Å². The van der Waals surface area contributed by atoms with E-state index in [4.69, 9.17) is 0 Å². The lowest BCUT2D eigenvalue weighted by Gasteiger charge is -2.21. The van der Waals surface area contributed by atoms with Crippen molar-refractivity contribution in [3.63, 3.8) is 0 Å². The van der Waals surface area contributed by atoms with Crippen LogP contribution in [0.4, 0.5) is 0 Å². The van der Waals surface area contributed by atoms with Gasteiger partial charge in [0.05, 0.1) is 11.5 Å². The summed E-state index contributed by atoms with van der Waals surface area (Å²) in [5.74, 6) is 0. The van der Waals surface area contributed by atoms with Gasteiger partial charge in [0.1, 0.15) is 0 Å². The molecule has 0 aromatic heterocycles. The molecule has 0 radical (unpaired) electrons. The van der Waals surface area contributed by atoms with E-state index in [1.54, 1.807) is 0 Å². The van der Waals surface area contributed by atoms with Crippen molar-refractivity contribution in [3.8, 4) is 6.07 Å². The summed E-state index contributed by atoms with van der Waals surface area (Å²) < 4.78 is 0. The second-order valence-electron chi connectivity index (χ2n) is 6.12. The summed E-state index contributed by atoms with van der Waals surface area (Å²) >= 11 is 0. The van der Waals surface area contributed by atoms with Crippen LogP contribution in [0.1, 0.15) is 27.8 Å². The monoisotopic (exact) mass is 261 g/mol. The zero-order valence-electron chi connectivity index (χ0n) is 12.1. The van der Waals surface area contributed by atoms with Gasteiger partial charge in [0.15, 0.2) is 0 Å². The van der Waals surface area contributed by atoms with Crippen molar-refractivity contribution >= 4 is 0 Å². The van der Waals surface area contributed by atoms with Crippen LogP contribution in [0.15, 0.2) is 42.5 Å². The van der Waals surface area contributed by atoms with Crippen LogP contribution < -0.4 is 0 Å². The lowest BCUT2D eigenvalue weighted by Crippen LogP contribution is -2.22. The third-order valence-corrected chi connectivity index (χ3v) is 4.45. The van der Waals surface area contributed by atoms with Gasteiger partial charge in [-0.05, 0) is 55.4 Å². The third-order valence-electron chi connectivity index (χ3n) is 4.45. The average molecular weight is 261 g/mol. The summed E-state index contributed by atoms with van der Waals surface area (Å²) in [5, 5.41) is 9.76.